The first-order valence-corrected chi connectivity index (χ1v) is 7.07. The number of aliphatic imine (C=N–C) groups is 1. The maximum Gasteiger partial charge on any atom is 0.0991 e. The molecule has 1 N–H and O–H groups in total. The van der Waals surface area contributed by atoms with Crippen molar-refractivity contribution in [2.45, 2.75) is 0 Å². The van der Waals surface area contributed by atoms with Gasteiger partial charge in [0.25, 0.3) is 0 Å². The van der Waals surface area contributed by atoms with E-state index in [1.807, 2.05) is 18.2 Å². The van der Waals surface area contributed by atoms with Gasteiger partial charge < -0.3 is 5.41 Å². The number of benzene rings is 2. The Morgan fingerprint density at radius 2 is 2.15 bits per heavy atom. The fourth-order valence-electron chi connectivity index (χ4n) is 2.17. The van der Waals surface area contributed by atoms with Crippen molar-refractivity contribution in [2.75, 3.05) is 0 Å². The van der Waals surface area contributed by atoms with E-state index in [0.717, 1.165) is 20.5 Å². The smallest absolute Gasteiger partial charge is 0.0991 e. The first-order chi connectivity index (χ1) is 9.74. The SMILES string of the molecule is N#Cc1ccc2sc3cccc(=N)c-3c(N=CCl)c2c1. The molecular weight excluding hydrogens is 290 g/mol. The summed E-state index contributed by atoms with van der Waals surface area (Å²) in [7, 11) is 0. The van der Waals surface area contributed by atoms with Crippen LogP contribution in [-0.2, 0) is 0 Å². The predicted molar refractivity (Wildman–Crippen MR) is 83.0 cm³/mol. The van der Waals surface area contributed by atoms with Crippen LogP contribution in [0.3, 0.4) is 0 Å². The van der Waals surface area contributed by atoms with Crippen molar-refractivity contribution < 1.29 is 0 Å². The molecule has 0 saturated carbocycles. The molecule has 3 rings (SSSR count). The van der Waals surface area contributed by atoms with E-state index < -0.39 is 0 Å². The normalized spacial score (nSPS) is 11.2. The Morgan fingerprint density at radius 1 is 1.30 bits per heavy atom. The van der Waals surface area contributed by atoms with Crippen molar-refractivity contribution >= 4 is 44.4 Å². The first kappa shape index (κ1) is 12.8. The summed E-state index contributed by atoms with van der Waals surface area (Å²) in [5.41, 5.74) is 3.17. The van der Waals surface area contributed by atoms with E-state index in [9.17, 15) is 0 Å². The third-order valence-electron chi connectivity index (χ3n) is 3.02. The summed E-state index contributed by atoms with van der Waals surface area (Å²) in [6, 6.07) is 13.1. The summed E-state index contributed by atoms with van der Waals surface area (Å²) in [6.45, 7) is 0. The summed E-state index contributed by atoms with van der Waals surface area (Å²) in [5.74, 6) is 0. The molecule has 0 radical (unpaired) electrons. The monoisotopic (exact) mass is 297 g/mol. The fraction of sp³-hybridized carbons (Fsp3) is 0. The molecule has 0 bridgehead atoms. The highest BCUT2D eigenvalue weighted by molar-refractivity contribution is 7.21. The summed E-state index contributed by atoms with van der Waals surface area (Å²) < 4.78 is 1.01. The zero-order chi connectivity index (χ0) is 14.1. The molecule has 1 aromatic carbocycles. The van der Waals surface area contributed by atoms with Gasteiger partial charge in [-0.3, -0.25) is 0 Å². The molecule has 0 spiro atoms. The molecule has 1 aromatic rings. The van der Waals surface area contributed by atoms with E-state index >= 15 is 0 Å². The fourth-order valence-corrected chi connectivity index (χ4v) is 3.36. The number of hydrogen-bond acceptors (Lipinski definition) is 4. The lowest BCUT2D eigenvalue weighted by Crippen LogP contribution is -2.03. The van der Waals surface area contributed by atoms with Gasteiger partial charge >= 0.3 is 0 Å². The molecule has 0 aromatic heterocycles. The molecular formula is C15H8ClN3S. The molecule has 1 heterocycles. The zero-order valence-electron chi connectivity index (χ0n) is 10.2. The third-order valence-corrected chi connectivity index (χ3v) is 4.26. The molecule has 0 atom stereocenters. The predicted octanol–water partition coefficient (Wildman–Crippen LogP) is 4.26. The van der Waals surface area contributed by atoms with Gasteiger partial charge in [-0.15, -0.1) is 11.3 Å². The van der Waals surface area contributed by atoms with Crippen LogP contribution in [0.4, 0.5) is 5.69 Å². The zero-order valence-corrected chi connectivity index (χ0v) is 11.8. The quantitative estimate of drug-likeness (QED) is 0.529. The Hall–Kier alpha value is -2.22. The van der Waals surface area contributed by atoms with Crippen LogP contribution in [0.2, 0.25) is 0 Å². The molecule has 0 saturated heterocycles. The number of halogens is 1. The van der Waals surface area contributed by atoms with Gasteiger partial charge in [-0.2, -0.15) is 5.26 Å². The lowest BCUT2D eigenvalue weighted by Gasteiger charge is -2.11. The number of nitrogens with zero attached hydrogens (tertiary/aromatic N) is 2. The van der Waals surface area contributed by atoms with Crippen LogP contribution in [0.5, 0.6) is 0 Å². The van der Waals surface area contributed by atoms with Crippen molar-refractivity contribution in [1.29, 1.82) is 10.7 Å². The van der Waals surface area contributed by atoms with Crippen molar-refractivity contribution in [3.05, 3.63) is 47.3 Å². The highest BCUT2D eigenvalue weighted by Gasteiger charge is 2.14. The van der Waals surface area contributed by atoms with Crippen LogP contribution in [0.25, 0.3) is 20.5 Å². The van der Waals surface area contributed by atoms with Crippen LogP contribution in [0, 0.1) is 16.7 Å². The molecule has 96 valence electrons. The van der Waals surface area contributed by atoms with Gasteiger partial charge in [0.15, 0.2) is 0 Å². The molecule has 20 heavy (non-hydrogen) atoms. The van der Waals surface area contributed by atoms with Gasteiger partial charge in [0.1, 0.15) is 0 Å². The lowest BCUT2D eigenvalue weighted by molar-refractivity contribution is 1.28. The largest absolute Gasteiger partial charge is 0.300 e. The molecule has 3 nitrogen and oxygen atoms in total. The Kier molecular flexibility index (Phi) is 3.23. The van der Waals surface area contributed by atoms with Crippen LogP contribution in [0.1, 0.15) is 5.56 Å². The van der Waals surface area contributed by atoms with E-state index in [0.29, 0.717) is 16.6 Å². The molecule has 0 fully saturated rings. The van der Waals surface area contributed by atoms with Crippen LogP contribution < -0.4 is 5.36 Å². The third kappa shape index (κ3) is 1.97. The van der Waals surface area contributed by atoms with Crippen molar-refractivity contribution in [3.8, 4) is 16.5 Å². The van der Waals surface area contributed by atoms with E-state index in [-0.39, 0.29) is 0 Å². The second kappa shape index (κ2) is 5.04. The minimum atomic E-state index is 0.403. The summed E-state index contributed by atoms with van der Waals surface area (Å²) in [4.78, 5) is 5.20. The van der Waals surface area contributed by atoms with Gasteiger partial charge in [-0.25, -0.2) is 4.99 Å². The van der Waals surface area contributed by atoms with Gasteiger partial charge in [0, 0.05) is 20.5 Å². The van der Waals surface area contributed by atoms with Gasteiger partial charge in [-0.1, -0.05) is 17.7 Å². The number of nitriles is 1. The van der Waals surface area contributed by atoms with E-state index in [1.54, 1.807) is 29.5 Å². The Labute approximate surface area is 124 Å². The summed E-state index contributed by atoms with van der Waals surface area (Å²) in [5, 5.41) is 18.4. The first-order valence-electron chi connectivity index (χ1n) is 5.81. The van der Waals surface area contributed by atoms with E-state index in [4.69, 9.17) is 22.3 Å². The molecule has 0 unspecified atom stereocenters. The number of hydrogen-bond donors (Lipinski definition) is 1. The second-order valence-electron chi connectivity index (χ2n) is 4.18. The molecule has 2 aliphatic rings. The van der Waals surface area contributed by atoms with E-state index in [1.165, 1.54) is 5.67 Å². The molecule has 1 aliphatic heterocycles. The average molecular weight is 298 g/mol. The molecule has 0 amide bonds. The number of nitrogens with one attached hydrogen (secondary N) is 1. The Bertz CT molecular complexity index is 905. The number of fused-ring (bicyclic) bond motifs is 2. The molecule has 5 heteroatoms. The van der Waals surface area contributed by atoms with Crippen LogP contribution >= 0.6 is 22.9 Å². The average Bonchev–Trinajstić information content (AvgIpc) is 2.47. The summed E-state index contributed by atoms with van der Waals surface area (Å²) >= 11 is 7.23. The van der Waals surface area contributed by atoms with Crippen LogP contribution in [0.15, 0.2) is 41.4 Å². The van der Waals surface area contributed by atoms with Gasteiger partial charge in [0.05, 0.1) is 28.4 Å². The van der Waals surface area contributed by atoms with Gasteiger partial charge in [-0.05, 0) is 30.3 Å². The minimum absolute atomic E-state index is 0.403. The molecule has 1 aliphatic carbocycles. The second-order valence-corrected chi connectivity index (χ2v) is 5.46. The Morgan fingerprint density at radius 3 is 2.90 bits per heavy atom. The van der Waals surface area contributed by atoms with Gasteiger partial charge in [0.2, 0.25) is 0 Å². The maximum atomic E-state index is 9.04. The summed E-state index contributed by atoms with van der Waals surface area (Å²) in [6.07, 6.45) is 0. The number of rotatable bonds is 1. The van der Waals surface area contributed by atoms with Crippen LogP contribution in [-0.4, -0.2) is 5.67 Å². The maximum absolute atomic E-state index is 9.04. The van der Waals surface area contributed by atoms with Crippen molar-refractivity contribution in [1.82, 2.24) is 0 Å². The topological polar surface area (TPSA) is 60.0 Å². The highest BCUT2D eigenvalue weighted by atomic mass is 35.5. The van der Waals surface area contributed by atoms with Crippen molar-refractivity contribution in [2.24, 2.45) is 4.99 Å². The lowest BCUT2D eigenvalue weighted by atomic mass is 10.1. The highest BCUT2D eigenvalue weighted by Crippen LogP contribution is 2.41. The minimum Gasteiger partial charge on any atom is -0.300 e. The Balaban J connectivity index is 2.57. The standard InChI is InChI=1S/C15H8ClN3S/c16-8-19-15-10-6-9(7-17)4-5-12(10)20-13-3-1-2-11(18)14(13)15/h1-6,8,18H. The van der Waals surface area contributed by atoms with E-state index in [2.05, 4.69) is 11.1 Å². The van der Waals surface area contributed by atoms with Crippen molar-refractivity contribution in [3.63, 3.8) is 0 Å².